The summed E-state index contributed by atoms with van der Waals surface area (Å²) in [6, 6.07) is 17.5. The molecule has 1 N–H and O–H groups in total. The molecule has 1 atom stereocenters. The van der Waals surface area contributed by atoms with Crippen LogP contribution in [0.4, 0.5) is 0 Å². The molecule has 152 valence electrons. The average Bonchev–Trinajstić information content (AvgIpc) is 2.97. The van der Waals surface area contributed by atoms with E-state index in [0.29, 0.717) is 18.1 Å². The first kappa shape index (κ1) is 21.1. The number of hydrogen-bond donors (Lipinski definition) is 1. The molecule has 5 nitrogen and oxygen atoms in total. The van der Waals surface area contributed by atoms with Crippen LogP contribution in [0.1, 0.15) is 35.5 Å². The molecule has 29 heavy (non-hydrogen) atoms. The van der Waals surface area contributed by atoms with Gasteiger partial charge < -0.3 is 5.32 Å². The van der Waals surface area contributed by atoms with Gasteiger partial charge in [-0.15, -0.1) is 0 Å². The van der Waals surface area contributed by atoms with Crippen LogP contribution in [0.3, 0.4) is 0 Å². The fourth-order valence-corrected chi connectivity index (χ4v) is 3.54. The third kappa shape index (κ3) is 5.25. The van der Waals surface area contributed by atoms with Crippen LogP contribution < -0.4 is 5.32 Å². The van der Waals surface area contributed by atoms with Gasteiger partial charge in [0.25, 0.3) is 0 Å². The number of aromatic nitrogens is 2. The van der Waals surface area contributed by atoms with Crippen LogP contribution in [0, 0.1) is 13.8 Å². The van der Waals surface area contributed by atoms with E-state index < -0.39 is 0 Å². The molecule has 0 bridgehead atoms. The first-order valence-electron chi connectivity index (χ1n) is 9.69. The molecule has 3 aromatic rings. The molecule has 0 saturated heterocycles. The molecule has 0 fully saturated rings. The predicted octanol–water partition coefficient (Wildman–Crippen LogP) is 4.45. The summed E-state index contributed by atoms with van der Waals surface area (Å²) in [5.41, 5.74) is 5.29. The first-order chi connectivity index (χ1) is 13.8. The number of halogens is 1. The van der Waals surface area contributed by atoms with E-state index in [4.69, 9.17) is 11.6 Å². The Morgan fingerprint density at radius 2 is 1.79 bits per heavy atom. The number of para-hydroxylation sites is 1. The second kappa shape index (κ2) is 9.25. The van der Waals surface area contributed by atoms with Crippen molar-refractivity contribution in [1.82, 2.24) is 20.0 Å². The first-order valence-corrected chi connectivity index (χ1v) is 10.1. The number of amides is 1. The SMILES string of the molecule is Cc1nn(-c2ccccc2)c(C)c1CN(C)CC(=O)N[C@@H](C)c1ccc(Cl)cc1. The molecular formula is C23H27ClN4O. The van der Waals surface area contributed by atoms with Crippen LogP contribution in [0.2, 0.25) is 5.02 Å². The van der Waals surface area contributed by atoms with Crippen LogP contribution in [0.15, 0.2) is 54.6 Å². The lowest BCUT2D eigenvalue weighted by molar-refractivity contribution is -0.122. The lowest BCUT2D eigenvalue weighted by Crippen LogP contribution is -2.36. The van der Waals surface area contributed by atoms with Crippen LogP contribution >= 0.6 is 11.6 Å². The van der Waals surface area contributed by atoms with Crippen molar-refractivity contribution in [3.63, 3.8) is 0 Å². The quantitative estimate of drug-likeness (QED) is 0.626. The smallest absolute Gasteiger partial charge is 0.234 e. The highest BCUT2D eigenvalue weighted by atomic mass is 35.5. The van der Waals surface area contributed by atoms with Crippen LogP contribution in [-0.4, -0.2) is 34.2 Å². The highest BCUT2D eigenvalue weighted by Gasteiger charge is 2.17. The molecule has 1 aromatic heterocycles. The second-order valence-corrected chi connectivity index (χ2v) is 7.85. The normalized spacial score (nSPS) is 12.2. The second-order valence-electron chi connectivity index (χ2n) is 7.41. The van der Waals surface area contributed by atoms with Gasteiger partial charge in [0.05, 0.1) is 24.0 Å². The Kier molecular flexibility index (Phi) is 6.72. The topological polar surface area (TPSA) is 50.2 Å². The Morgan fingerprint density at radius 1 is 1.14 bits per heavy atom. The average molecular weight is 411 g/mol. The molecule has 6 heteroatoms. The number of hydrogen-bond acceptors (Lipinski definition) is 3. The molecule has 0 aliphatic rings. The summed E-state index contributed by atoms with van der Waals surface area (Å²) in [7, 11) is 1.95. The lowest BCUT2D eigenvalue weighted by atomic mass is 10.1. The van der Waals surface area contributed by atoms with E-state index in [-0.39, 0.29) is 11.9 Å². The van der Waals surface area contributed by atoms with Crippen molar-refractivity contribution in [2.45, 2.75) is 33.4 Å². The maximum Gasteiger partial charge on any atom is 0.234 e. The third-order valence-corrected chi connectivity index (χ3v) is 5.28. The van der Waals surface area contributed by atoms with Gasteiger partial charge >= 0.3 is 0 Å². The maximum atomic E-state index is 12.5. The van der Waals surface area contributed by atoms with Crippen molar-refractivity contribution < 1.29 is 4.79 Å². The standard InChI is InChI=1S/C23H27ClN4O/c1-16(19-10-12-20(24)13-11-19)25-23(29)15-27(4)14-22-17(2)26-28(18(22)3)21-8-6-5-7-9-21/h5-13,16H,14-15H2,1-4H3,(H,25,29)/t16-/m0/s1. The monoisotopic (exact) mass is 410 g/mol. The third-order valence-electron chi connectivity index (χ3n) is 5.03. The largest absolute Gasteiger partial charge is 0.348 e. The molecule has 1 amide bonds. The number of rotatable bonds is 7. The van der Waals surface area contributed by atoms with Crippen molar-refractivity contribution in [2.24, 2.45) is 0 Å². The van der Waals surface area contributed by atoms with Gasteiger partial charge in [-0.1, -0.05) is 41.9 Å². The Hall–Kier alpha value is -2.63. The Labute approximate surface area is 177 Å². The van der Waals surface area contributed by atoms with E-state index in [9.17, 15) is 4.79 Å². The molecule has 2 aromatic carbocycles. The minimum absolute atomic E-state index is 0.0132. The maximum absolute atomic E-state index is 12.5. The van der Waals surface area contributed by atoms with Gasteiger partial charge in [-0.3, -0.25) is 9.69 Å². The minimum atomic E-state index is -0.0718. The van der Waals surface area contributed by atoms with Gasteiger partial charge in [0.15, 0.2) is 0 Å². The number of aryl methyl sites for hydroxylation is 1. The zero-order chi connectivity index (χ0) is 21.0. The van der Waals surface area contributed by atoms with Gasteiger partial charge in [-0.05, 0) is 57.6 Å². The molecule has 0 aliphatic carbocycles. The highest BCUT2D eigenvalue weighted by molar-refractivity contribution is 6.30. The van der Waals surface area contributed by atoms with Gasteiger partial charge in [0.1, 0.15) is 0 Å². The van der Waals surface area contributed by atoms with Gasteiger partial charge in [-0.2, -0.15) is 5.10 Å². The molecule has 0 saturated carbocycles. The zero-order valence-corrected chi connectivity index (χ0v) is 18.1. The van der Waals surface area contributed by atoms with Crippen molar-refractivity contribution in [3.8, 4) is 5.69 Å². The number of carbonyl (C=O) groups is 1. The van der Waals surface area contributed by atoms with E-state index in [0.717, 1.165) is 28.2 Å². The zero-order valence-electron chi connectivity index (χ0n) is 17.3. The summed E-state index contributed by atoms with van der Waals surface area (Å²) in [5, 5.41) is 8.42. The number of benzene rings is 2. The molecule has 0 radical (unpaired) electrons. The summed E-state index contributed by atoms with van der Waals surface area (Å²) in [6.45, 7) is 7.02. The number of likely N-dealkylation sites (N-methyl/N-ethyl adjacent to an activating group) is 1. The minimum Gasteiger partial charge on any atom is -0.348 e. The Balaban J connectivity index is 1.62. The van der Waals surface area contributed by atoms with Gasteiger partial charge in [0, 0.05) is 22.8 Å². The van der Waals surface area contributed by atoms with Crippen LogP contribution in [-0.2, 0) is 11.3 Å². The Bertz CT molecular complexity index is 967. The van der Waals surface area contributed by atoms with E-state index in [1.165, 1.54) is 0 Å². The van der Waals surface area contributed by atoms with Gasteiger partial charge in [0.2, 0.25) is 5.91 Å². The highest BCUT2D eigenvalue weighted by Crippen LogP contribution is 2.19. The molecular weight excluding hydrogens is 384 g/mol. The van der Waals surface area contributed by atoms with Gasteiger partial charge in [-0.25, -0.2) is 4.68 Å². The summed E-state index contributed by atoms with van der Waals surface area (Å²) in [6.07, 6.45) is 0. The number of nitrogens with zero attached hydrogens (tertiary/aromatic N) is 3. The fraction of sp³-hybridized carbons (Fsp3) is 0.304. The van der Waals surface area contributed by atoms with E-state index >= 15 is 0 Å². The van der Waals surface area contributed by atoms with Crippen LogP contribution in [0.5, 0.6) is 0 Å². The summed E-state index contributed by atoms with van der Waals surface area (Å²) < 4.78 is 1.96. The molecule has 1 heterocycles. The molecule has 3 rings (SSSR count). The number of nitrogens with one attached hydrogen (secondary N) is 1. The fourth-order valence-electron chi connectivity index (χ4n) is 3.42. The van der Waals surface area contributed by atoms with E-state index in [1.54, 1.807) is 0 Å². The predicted molar refractivity (Wildman–Crippen MR) is 117 cm³/mol. The molecule has 0 spiro atoms. The van der Waals surface area contributed by atoms with Crippen molar-refractivity contribution in [2.75, 3.05) is 13.6 Å². The lowest BCUT2D eigenvalue weighted by Gasteiger charge is -2.19. The van der Waals surface area contributed by atoms with Crippen molar-refractivity contribution >= 4 is 17.5 Å². The van der Waals surface area contributed by atoms with Crippen molar-refractivity contribution in [3.05, 3.63) is 82.1 Å². The Morgan fingerprint density at radius 3 is 2.45 bits per heavy atom. The summed E-state index contributed by atoms with van der Waals surface area (Å²) in [4.78, 5) is 14.5. The summed E-state index contributed by atoms with van der Waals surface area (Å²) in [5.74, 6) is -0.0132. The van der Waals surface area contributed by atoms with Crippen LogP contribution in [0.25, 0.3) is 5.69 Å². The van der Waals surface area contributed by atoms with E-state index in [2.05, 4.69) is 17.3 Å². The molecule has 0 aliphatic heterocycles. The number of carbonyl (C=O) groups excluding carboxylic acids is 1. The molecule has 0 unspecified atom stereocenters. The summed E-state index contributed by atoms with van der Waals surface area (Å²) >= 11 is 5.93. The van der Waals surface area contributed by atoms with E-state index in [1.807, 2.05) is 85.1 Å². The van der Waals surface area contributed by atoms with Crippen molar-refractivity contribution in [1.29, 1.82) is 0 Å².